The molecule has 4 aliphatic carbocycles. The van der Waals surface area contributed by atoms with Crippen LogP contribution in [0, 0.1) is 5.92 Å². The highest BCUT2D eigenvalue weighted by atomic mass is 16.5. The number of aromatic hydroxyl groups is 1. The zero-order chi connectivity index (χ0) is 30.5. The Morgan fingerprint density at radius 1 is 0.733 bits per heavy atom. The molecule has 4 aliphatic rings. The van der Waals surface area contributed by atoms with E-state index in [4.69, 9.17) is 19.4 Å². The van der Waals surface area contributed by atoms with E-state index in [9.17, 15) is 5.11 Å². The number of aromatic nitrogens is 2. The lowest BCUT2D eigenvalue weighted by atomic mass is 9.65. The van der Waals surface area contributed by atoms with Gasteiger partial charge in [0.15, 0.2) is 5.82 Å². The molecular formula is C40H30N2O3. The van der Waals surface area contributed by atoms with E-state index >= 15 is 0 Å². The smallest absolute Gasteiger partial charge is 0.160 e. The van der Waals surface area contributed by atoms with Crippen molar-refractivity contribution in [2.24, 2.45) is 5.92 Å². The highest BCUT2D eigenvalue weighted by molar-refractivity contribution is 5.93. The first kappa shape index (κ1) is 26.9. The van der Waals surface area contributed by atoms with Gasteiger partial charge < -0.3 is 14.6 Å². The summed E-state index contributed by atoms with van der Waals surface area (Å²) in [5.74, 6) is 2.25. The molecule has 1 aromatic heterocycles. The molecule has 218 valence electrons. The lowest BCUT2D eigenvalue weighted by Gasteiger charge is -2.38. The summed E-state index contributed by atoms with van der Waals surface area (Å²) < 4.78 is 11.1. The number of methoxy groups -OCH3 is 2. The fraction of sp³-hybridized carbons (Fsp3) is 0.100. The van der Waals surface area contributed by atoms with Crippen LogP contribution in [0.3, 0.4) is 0 Å². The number of phenols is 1. The summed E-state index contributed by atoms with van der Waals surface area (Å²) in [6, 6.07) is 25.6. The van der Waals surface area contributed by atoms with Gasteiger partial charge in [0.25, 0.3) is 0 Å². The molecule has 1 unspecified atom stereocenters. The van der Waals surface area contributed by atoms with Crippen molar-refractivity contribution in [2.45, 2.75) is 6.42 Å². The Bertz CT molecular complexity index is 2110. The predicted octanol–water partition coefficient (Wildman–Crippen LogP) is 8.69. The highest BCUT2D eigenvalue weighted by Crippen LogP contribution is 2.53. The van der Waals surface area contributed by atoms with Crippen molar-refractivity contribution in [1.29, 1.82) is 0 Å². The Morgan fingerprint density at radius 2 is 1.56 bits per heavy atom. The summed E-state index contributed by atoms with van der Waals surface area (Å²) in [5, 5.41) is 11.0. The van der Waals surface area contributed by atoms with Crippen LogP contribution in [0.15, 0.2) is 149 Å². The van der Waals surface area contributed by atoms with Gasteiger partial charge in [-0.15, -0.1) is 0 Å². The number of benzene rings is 3. The lowest BCUT2D eigenvalue weighted by molar-refractivity contribution is 0.408. The Kier molecular flexibility index (Phi) is 6.45. The summed E-state index contributed by atoms with van der Waals surface area (Å²) in [6.45, 7) is 0. The summed E-state index contributed by atoms with van der Waals surface area (Å²) in [7, 11) is 3.31. The van der Waals surface area contributed by atoms with Gasteiger partial charge in [0.1, 0.15) is 17.2 Å². The molecule has 1 atom stereocenters. The third-order valence-corrected chi connectivity index (χ3v) is 8.96. The highest BCUT2D eigenvalue weighted by Gasteiger charge is 2.38. The van der Waals surface area contributed by atoms with E-state index < -0.39 is 0 Å². The minimum Gasteiger partial charge on any atom is -0.507 e. The van der Waals surface area contributed by atoms with Gasteiger partial charge in [-0.1, -0.05) is 91.1 Å². The minimum atomic E-state index is 0.0743. The first-order valence-electron chi connectivity index (χ1n) is 15.0. The molecule has 0 fully saturated rings. The van der Waals surface area contributed by atoms with E-state index in [0.29, 0.717) is 22.8 Å². The molecule has 5 nitrogen and oxygen atoms in total. The first-order chi connectivity index (χ1) is 22.1. The molecule has 5 heteroatoms. The van der Waals surface area contributed by atoms with Crippen LogP contribution in [0.25, 0.3) is 33.7 Å². The Labute approximate surface area is 262 Å². The number of phenolic OH excluding ortho intramolecular Hbond substituents is 1. The number of rotatable bonds is 6. The molecule has 3 aromatic carbocycles. The molecule has 0 saturated carbocycles. The van der Waals surface area contributed by atoms with Crippen LogP contribution in [0.2, 0.25) is 0 Å². The second kappa shape index (κ2) is 10.8. The zero-order valence-electron chi connectivity index (χ0n) is 25.0. The van der Waals surface area contributed by atoms with Gasteiger partial charge in [-0.25, -0.2) is 9.97 Å². The van der Waals surface area contributed by atoms with E-state index in [-0.39, 0.29) is 11.7 Å². The van der Waals surface area contributed by atoms with Gasteiger partial charge in [-0.2, -0.15) is 0 Å². The number of para-hydroxylation sites is 1. The second-order valence-electron chi connectivity index (χ2n) is 11.4. The minimum absolute atomic E-state index is 0.0743. The van der Waals surface area contributed by atoms with Crippen molar-refractivity contribution < 1.29 is 14.6 Å². The molecule has 0 spiro atoms. The van der Waals surface area contributed by atoms with Gasteiger partial charge in [-0.3, -0.25) is 0 Å². The van der Waals surface area contributed by atoms with Crippen molar-refractivity contribution in [3.8, 4) is 39.8 Å². The van der Waals surface area contributed by atoms with Crippen molar-refractivity contribution >= 4 is 11.1 Å². The zero-order valence-corrected chi connectivity index (χ0v) is 25.0. The molecule has 0 aliphatic heterocycles. The Morgan fingerprint density at radius 3 is 2.38 bits per heavy atom. The van der Waals surface area contributed by atoms with Crippen LogP contribution < -0.4 is 9.47 Å². The van der Waals surface area contributed by atoms with Crippen molar-refractivity contribution in [3.63, 3.8) is 0 Å². The number of ether oxygens (including phenoxy) is 2. The lowest BCUT2D eigenvalue weighted by Crippen LogP contribution is -2.24. The van der Waals surface area contributed by atoms with Gasteiger partial charge >= 0.3 is 0 Å². The number of hydrogen-bond donors (Lipinski definition) is 1. The summed E-state index contributed by atoms with van der Waals surface area (Å²) in [6.07, 6.45) is 16.5. The summed E-state index contributed by atoms with van der Waals surface area (Å²) in [4.78, 5) is 10.2. The summed E-state index contributed by atoms with van der Waals surface area (Å²) >= 11 is 0. The maximum absolute atomic E-state index is 11.0. The molecule has 0 radical (unpaired) electrons. The van der Waals surface area contributed by atoms with Crippen molar-refractivity contribution in [2.75, 3.05) is 14.2 Å². The van der Waals surface area contributed by atoms with Gasteiger partial charge in [0.2, 0.25) is 0 Å². The van der Waals surface area contributed by atoms with E-state index in [1.807, 2.05) is 60.7 Å². The van der Waals surface area contributed by atoms with Crippen LogP contribution in [0.4, 0.5) is 0 Å². The largest absolute Gasteiger partial charge is 0.507 e. The topological polar surface area (TPSA) is 64.5 Å². The molecule has 0 amide bonds. The SMILES string of the molecule is COc1ccc(-c2cc(-c3ccccc3)nc(C3=CC=C4C=CC5=C6C(=CC=C3C46)CC=C5c3ccccc3OC)n2)c(O)c1. The normalized spacial score (nSPS) is 17.8. The maximum Gasteiger partial charge on any atom is 0.160 e. The third-order valence-electron chi connectivity index (χ3n) is 8.96. The van der Waals surface area contributed by atoms with E-state index in [1.165, 1.54) is 33.4 Å². The predicted molar refractivity (Wildman–Crippen MR) is 179 cm³/mol. The Hall–Kier alpha value is -5.68. The van der Waals surface area contributed by atoms with Gasteiger partial charge in [0.05, 0.1) is 25.6 Å². The fourth-order valence-corrected chi connectivity index (χ4v) is 6.81. The molecule has 0 bridgehead atoms. The molecule has 4 aromatic rings. The van der Waals surface area contributed by atoms with E-state index in [2.05, 4.69) is 54.7 Å². The molecule has 0 saturated heterocycles. The van der Waals surface area contributed by atoms with Crippen LogP contribution in [0.5, 0.6) is 17.2 Å². The molecule has 1 N–H and O–H groups in total. The van der Waals surface area contributed by atoms with Crippen LogP contribution in [0.1, 0.15) is 17.8 Å². The van der Waals surface area contributed by atoms with Crippen molar-refractivity contribution in [3.05, 3.63) is 161 Å². The molecule has 1 heterocycles. The number of hydrogen-bond acceptors (Lipinski definition) is 5. The van der Waals surface area contributed by atoms with Crippen LogP contribution in [-0.4, -0.2) is 29.3 Å². The van der Waals surface area contributed by atoms with E-state index in [0.717, 1.165) is 34.6 Å². The molecule has 8 rings (SSSR count). The molecule has 45 heavy (non-hydrogen) atoms. The number of nitrogens with zero attached hydrogens (tertiary/aromatic N) is 2. The van der Waals surface area contributed by atoms with E-state index in [1.54, 1.807) is 20.3 Å². The Balaban J connectivity index is 1.27. The summed E-state index contributed by atoms with van der Waals surface area (Å²) in [5.41, 5.74) is 12.6. The maximum atomic E-state index is 11.0. The monoisotopic (exact) mass is 586 g/mol. The van der Waals surface area contributed by atoms with Gasteiger partial charge in [-0.05, 0) is 64.1 Å². The molecular weight excluding hydrogens is 556 g/mol. The average Bonchev–Trinajstić information content (AvgIpc) is 3.10. The quantitative estimate of drug-likeness (QED) is 0.245. The number of allylic oxidation sites excluding steroid dienone is 14. The van der Waals surface area contributed by atoms with Crippen LogP contribution in [-0.2, 0) is 0 Å². The fourth-order valence-electron chi connectivity index (χ4n) is 6.81. The second-order valence-corrected chi connectivity index (χ2v) is 11.4. The first-order valence-corrected chi connectivity index (χ1v) is 15.0. The van der Waals surface area contributed by atoms with Crippen molar-refractivity contribution in [1.82, 2.24) is 9.97 Å². The standard InChI is InChI=1S/C40H30N2O3/c1-44-27-16-21-33(36(43)22-27)35-23-34(24-8-4-3-5-9-24)41-40(42-35)32-20-15-26-13-18-30-28(29-10-6-7-11-37(29)45-2)17-12-25-14-19-31(32)39(26)38(25)30/h3-11,13-23,39,43H,12H2,1-2H3. The average molecular weight is 587 g/mol. The third kappa shape index (κ3) is 4.47. The van der Waals surface area contributed by atoms with Crippen LogP contribution >= 0.6 is 0 Å². The van der Waals surface area contributed by atoms with Gasteiger partial charge in [0, 0.05) is 34.2 Å².